The van der Waals surface area contributed by atoms with E-state index < -0.39 is 0 Å². The first-order valence-corrected chi connectivity index (χ1v) is 2.86. The van der Waals surface area contributed by atoms with Gasteiger partial charge in [0.15, 0.2) is 0 Å². The van der Waals surface area contributed by atoms with Gasteiger partial charge >= 0.3 is 0 Å². The van der Waals surface area contributed by atoms with Crippen LogP contribution in [0.2, 0.25) is 0 Å². The molecule has 0 N–H and O–H groups in total. The van der Waals surface area contributed by atoms with Gasteiger partial charge in [-0.1, -0.05) is 19.2 Å². The van der Waals surface area contributed by atoms with Crippen LogP contribution in [0.3, 0.4) is 0 Å². The Morgan fingerprint density at radius 2 is 2.25 bits per heavy atom. The van der Waals surface area contributed by atoms with Gasteiger partial charge in [-0.15, -0.1) is 0 Å². The number of hydrogen-bond acceptors (Lipinski definition) is 1. The van der Waals surface area contributed by atoms with E-state index in [2.05, 4.69) is 12.3 Å². The Morgan fingerprint density at radius 3 is 2.38 bits per heavy atom. The highest BCUT2D eigenvalue weighted by Crippen LogP contribution is 1.97. The molecule has 0 aliphatic rings. The molecule has 0 fully saturated rings. The van der Waals surface area contributed by atoms with E-state index >= 15 is 0 Å². The maximum atomic E-state index is 5.08. The molecule has 0 unspecified atom stereocenters. The van der Waals surface area contributed by atoms with Crippen LogP contribution in [0.1, 0.15) is 20.3 Å². The third-order valence-electron chi connectivity index (χ3n) is 0.837. The van der Waals surface area contributed by atoms with E-state index in [1.54, 1.807) is 0 Å². The molecule has 1 heteroatoms. The molecule has 0 bridgehead atoms. The van der Waals surface area contributed by atoms with Crippen LogP contribution in [0.25, 0.3) is 0 Å². The summed E-state index contributed by atoms with van der Waals surface area (Å²) in [6.45, 7) is 8.15. The van der Waals surface area contributed by atoms with Crippen molar-refractivity contribution >= 4 is 0 Å². The average Bonchev–Trinajstić information content (AvgIpc) is 1.83. The molecule has 0 aliphatic heterocycles. The quantitative estimate of drug-likeness (QED) is 0.401. The Kier molecular flexibility index (Phi) is 4.10. The van der Waals surface area contributed by atoms with Crippen LogP contribution in [0, 0.1) is 0 Å². The molecule has 0 aromatic rings. The van der Waals surface area contributed by atoms with E-state index in [4.69, 9.17) is 4.74 Å². The Hall–Kier alpha value is -0.680. The van der Waals surface area contributed by atoms with Crippen LogP contribution in [0.15, 0.2) is 18.1 Å². The molecular formula is C7H12O. The van der Waals surface area contributed by atoms with Gasteiger partial charge in [0, 0.05) is 6.42 Å². The van der Waals surface area contributed by atoms with E-state index in [-0.39, 0.29) is 0 Å². The molecule has 8 heavy (non-hydrogen) atoms. The SMILES string of the molecule is C=C=C(CC)OCC. The number of allylic oxidation sites excluding steroid dienone is 1. The van der Waals surface area contributed by atoms with Crippen molar-refractivity contribution in [3.63, 3.8) is 0 Å². The molecule has 0 aromatic heterocycles. The van der Waals surface area contributed by atoms with Crippen molar-refractivity contribution in [2.24, 2.45) is 0 Å². The molecule has 1 nitrogen and oxygen atoms in total. The zero-order chi connectivity index (χ0) is 6.41. The largest absolute Gasteiger partial charge is 0.490 e. The molecule has 0 heterocycles. The second-order valence-corrected chi connectivity index (χ2v) is 1.39. The van der Waals surface area contributed by atoms with Crippen molar-refractivity contribution in [3.05, 3.63) is 18.1 Å². The minimum atomic E-state index is 0.714. The van der Waals surface area contributed by atoms with E-state index in [1.807, 2.05) is 13.8 Å². The van der Waals surface area contributed by atoms with Crippen molar-refractivity contribution < 1.29 is 4.74 Å². The smallest absolute Gasteiger partial charge is 0.137 e. The fraction of sp³-hybridized carbons (Fsp3) is 0.571. The minimum Gasteiger partial charge on any atom is -0.490 e. The molecule has 46 valence electrons. The molecule has 0 amide bonds. The Labute approximate surface area is 50.7 Å². The topological polar surface area (TPSA) is 9.23 Å². The molecule has 0 saturated carbocycles. The van der Waals surface area contributed by atoms with Gasteiger partial charge in [0.1, 0.15) is 5.76 Å². The monoisotopic (exact) mass is 112 g/mol. The standard InChI is InChI=1S/C7H12O/c1-4-7(5-2)8-6-3/h1,5-6H2,2-3H3. The number of ether oxygens (including phenoxy) is 1. The minimum absolute atomic E-state index is 0.714. The van der Waals surface area contributed by atoms with Gasteiger partial charge in [-0.2, -0.15) is 0 Å². The first kappa shape index (κ1) is 7.32. The lowest BCUT2D eigenvalue weighted by Gasteiger charge is -1.99. The zero-order valence-corrected chi connectivity index (χ0v) is 5.53. The summed E-state index contributed by atoms with van der Waals surface area (Å²) in [6.07, 6.45) is 0.886. The van der Waals surface area contributed by atoms with Crippen molar-refractivity contribution in [1.82, 2.24) is 0 Å². The lowest BCUT2D eigenvalue weighted by Crippen LogP contribution is -1.86. The highest BCUT2D eigenvalue weighted by Gasteiger charge is 1.85. The molecule has 0 atom stereocenters. The van der Waals surface area contributed by atoms with Crippen molar-refractivity contribution in [1.29, 1.82) is 0 Å². The lowest BCUT2D eigenvalue weighted by molar-refractivity contribution is 0.222. The first-order chi connectivity index (χ1) is 3.85. The first-order valence-electron chi connectivity index (χ1n) is 2.86. The summed E-state index contributed by atoms with van der Waals surface area (Å²) in [5, 5.41) is 0. The van der Waals surface area contributed by atoms with Gasteiger partial charge in [0.05, 0.1) is 6.61 Å². The van der Waals surface area contributed by atoms with Crippen LogP contribution in [-0.2, 0) is 4.74 Å². The maximum absolute atomic E-state index is 5.08. The van der Waals surface area contributed by atoms with E-state index in [9.17, 15) is 0 Å². The Balaban J connectivity index is 3.55. The van der Waals surface area contributed by atoms with Crippen LogP contribution < -0.4 is 0 Å². The summed E-state index contributed by atoms with van der Waals surface area (Å²) < 4.78 is 5.08. The fourth-order valence-corrected chi connectivity index (χ4v) is 0.452. The highest BCUT2D eigenvalue weighted by atomic mass is 16.5. The zero-order valence-electron chi connectivity index (χ0n) is 5.53. The molecule has 0 aromatic carbocycles. The van der Waals surface area contributed by atoms with Gasteiger partial charge in [-0.3, -0.25) is 0 Å². The normalized spacial score (nSPS) is 7.75. The molecular weight excluding hydrogens is 100 g/mol. The molecule has 0 radical (unpaired) electrons. The maximum Gasteiger partial charge on any atom is 0.137 e. The second kappa shape index (κ2) is 4.48. The van der Waals surface area contributed by atoms with Crippen LogP contribution in [0.4, 0.5) is 0 Å². The highest BCUT2D eigenvalue weighted by molar-refractivity contribution is 4.86. The third kappa shape index (κ3) is 2.49. The van der Waals surface area contributed by atoms with Gasteiger partial charge in [0.25, 0.3) is 0 Å². The van der Waals surface area contributed by atoms with Crippen molar-refractivity contribution in [2.45, 2.75) is 20.3 Å². The van der Waals surface area contributed by atoms with Gasteiger partial charge in [-0.05, 0) is 6.92 Å². The van der Waals surface area contributed by atoms with Crippen LogP contribution in [0.5, 0.6) is 0 Å². The summed E-state index contributed by atoms with van der Waals surface area (Å²) in [5.74, 6) is 0.854. The lowest BCUT2D eigenvalue weighted by atomic mass is 10.4. The summed E-state index contributed by atoms with van der Waals surface area (Å²) in [7, 11) is 0. The van der Waals surface area contributed by atoms with E-state index in [1.165, 1.54) is 0 Å². The van der Waals surface area contributed by atoms with Gasteiger partial charge in [-0.25, -0.2) is 0 Å². The number of rotatable bonds is 3. The molecule has 0 rings (SSSR count). The molecule has 0 saturated heterocycles. The van der Waals surface area contributed by atoms with E-state index in [0.717, 1.165) is 12.2 Å². The summed E-state index contributed by atoms with van der Waals surface area (Å²) >= 11 is 0. The summed E-state index contributed by atoms with van der Waals surface area (Å²) in [5.41, 5.74) is 2.70. The number of hydrogen-bond donors (Lipinski definition) is 0. The Bertz CT molecular complexity index is 99.0. The predicted molar refractivity (Wildman–Crippen MR) is 34.6 cm³/mol. The Morgan fingerprint density at radius 1 is 1.62 bits per heavy atom. The summed E-state index contributed by atoms with van der Waals surface area (Å²) in [6, 6.07) is 0. The third-order valence-corrected chi connectivity index (χ3v) is 0.837. The fourth-order valence-electron chi connectivity index (χ4n) is 0.452. The summed E-state index contributed by atoms with van der Waals surface area (Å²) in [4.78, 5) is 0. The van der Waals surface area contributed by atoms with Crippen LogP contribution in [-0.4, -0.2) is 6.61 Å². The average molecular weight is 112 g/mol. The predicted octanol–water partition coefficient (Wildman–Crippen LogP) is 2.10. The van der Waals surface area contributed by atoms with Gasteiger partial charge in [0.2, 0.25) is 0 Å². The molecule has 0 spiro atoms. The van der Waals surface area contributed by atoms with Crippen molar-refractivity contribution in [3.8, 4) is 0 Å². The van der Waals surface area contributed by atoms with Crippen LogP contribution >= 0.6 is 0 Å². The van der Waals surface area contributed by atoms with Crippen molar-refractivity contribution in [2.75, 3.05) is 6.61 Å². The second-order valence-electron chi connectivity index (χ2n) is 1.39. The molecule has 0 aliphatic carbocycles. The van der Waals surface area contributed by atoms with E-state index in [0.29, 0.717) is 6.61 Å². The van der Waals surface area contributed by atoms with Gasteiger partial charge < -0.3 is 4.74 Å².